The smallest absolute Gasteiger partial charge is 0.273 e. The standard InChI is InChI=1S/C14H10Cl2N2O/c1-8-5-9(2)18(14(19)11(8)7-17)10-3-4-12(15)13(16)6-10/h3-6H,1-2H3. The second-order valence-corrected chi connectivity index (χ2v) is 5.01. The van der Waals surface area contributed by atoms with Gasteiger partial charge in [0.1, 0.15) is 11.6 Å². The second kappa shape index (κ2) is 5.08. The third kappa shape index (κ3) is 2.37. The summed E-state index contributed by atoms with van der Waals surface area (Å²) in [7, 11) is 0. The van der Waals surface area contributed by atoms with Gasteiger partial charge in [-0.05, 0) is 43.7 Å². The summed E-state index contributed by atoms with van der Waals surface area (Å²) in [6.45, 7) is 3.55. The van der Waals surface area contributed by atoms with Crippen LogP contribution in [0.3, 0.4) is 0 Å². The van der Waals surface area contributed by atoms with Crippen LogP contribution in [0.15, 0.2) is 29.1 Å². The Hall–Kier alpha value is -1.76. The predicted octanol–water partition coefficient (Wildman–Crippen LogP) is 3.63. The Kier molecular flexibility index (Phi) is 3.66. The van der Waals surface area contributed by atoms with Gasteiger partial charge in [0.25, 0.3) is 5.56 Å². The van der Waals surface area contributed by atoms with E-state index in [1.807, 2.05) is 6.07 Å². The van der Waals surface area contributed by atoms with E-state index in [0.29, 0.717) is 21.3 Å². The molecule has 0 spiro atoms. The summed E-state index contributed by atoms with van der Waals surface area (Å²) in [5.41, 5.74) is 1.78. The first-order valence-electron chi connectivity index (χ1n) is 5.54. The minimum atomic E-state index is -0.349. The molecule has 96 valence electrons. The van der Waals surface area contributed by atoms with Gasteiger partial charge in [-0.15, -0.1) is 0 Å². The first kappa shape index (κ1) is 13.7. The molecule has 1 aromatic heterocycles. The van der Waals surface area contributed by atoms with E-state index in [-0.39, 0.29) is 11.1 Å². The Labute approximate surface area is 120 Å². The summed E-state index contributed by atoms with van der Waals surface area (Å²) in [5, 5.41) is 9.84. The number of pyridine rings is 1. The molecule has 19 heavy (non-hydrogen) atoms. The summed E-state index contributed by atoms with van der Waals surface area (Å²) >= 11 is 11.8. The number of halogens is 2. The van der Waals surface area contributed by atoms with E-state index in [0.717, 1.165) is 5.69 Å². The van der Waals surface area contributed by atoms with Gasteiger partial charge < -0.3 is 0 Å². The van der Waals surface area contributed by atoms with Crippen LogP contribution >= 0.6 is 23.2 Å². The molecule has 3 nitrogen and oxygen atoms in total. The maximum Gasteiger partial charge on any atom is 0.273 e. The largest absolute Gasteiger partial charge is 0.280 e. The molecule has 1 aromatic carbocycles. The fraction of sp³-hybridized carbons (Fsp3) is 0.143. The van der Waals surface area contributed by atoms with Gasteiger partial charge in [0.05, 0.1) is 15.7 Å². The van der Waals surface area contributed by atoms with Gasteiger partial charge in [-0.3, -0.25) is 9.36 Å². The molecule has 0 saturated carbocycles. The maximum atomic E-state index is 12.3. The van der Waals surface area contributed by atoms with Crippen LogP contribution in [0.1, 0.15) is 16.8 Å². The van der Waals surface area contributed by atoms with E-state index in [4.69, 9.17) is 28.5 Å². The van der Waals surface area contributed by atoms with Crippen molar-refractivity contribution < 1.29 is 0 Å². The lowest BCUT2D eigenvalue weighted by Crippen LogP contribution is -2.24. The zero-order valence-electron chi connectivity index (χ0n) is 10.4. The Morgan fingerprint density at radius 2 is 1.84 bits per heavy atom. The molecule has 0 aliphatic rings. The Bertz CT molecular complexity index is 757. The monoisotopic (exact) mass is 292 g/mol. The van der Waals surface area contributed by atoms with Gasteiger partial charge >= 0.3 is 0 Å². The van der Waals surface area contributed by atoms with Gasteiger partial charge in [0.15, 0.2) is 0 Å². The number of hydrogen-bond acceptors (Lipinski definition) is 2. The molecule has 0 N–H and O–H groups in total. The lowest BCUT2D eigenvalue weighted by atomic mass is 10.1. The normalized spacial score (nSPS) is 10.3. The first-order chi connectivity index (χ1) is 8.95. The highest BCUT2D eigenvalue weighted by Crippen LogP contribution is 2.24. The third-order valence-corrected chi connectivity index (χ3v) is 3.60. The van der Waals surface area contributed by atoms with Gasteiger partial charge in [0.2, 0.25) is 0 Å². The second-order valence-electron chi connectivity index (χ2n) is 4.19. The van der Waals surface area contributed by atoms with Crippen molar-refractivity contribution in [2.24, 2.45) is 0 Å². The Morgan fingerprint density at radius 1 is 1.16 bits per heavy atom. The first-order valence-corrected chi connectivity index (χ1v) is 6.30. The molecule has 5 heteroatoms. The Balaban J connectivity index is 2.80. The molecular formula is C14H10Cl2N2O. The quantitative estimate of drug-likeness (QED) is 0.806. The van der Waals surface area contributed by atoms with E-state index in [9.17, 15) is 4.79 Å². The number of aromatic nitrogens is 1. The molecule has 0 amide bonds. The molecule has 1 heterocycles. The lowest BCUT2D eigenvalue weighted by Gasteiger charge is -2.12. The number of nitriles is 1. The van der Waals surface area contributed by atoms with E-state index in [1.54, 1.807) is 38.1 Å². The van der Waals surface area contributed by atoms with Crippen molar-refractivity contribution in [1.82, 2.24) is 4.57 Å². The summed E-state index contributed by atoms with van der Waals surface area (Å²) in [5.74, 6) is 0. The van der Waals surface area contributed by atoms with Crippen molar-refractivity contribution in [2.45, 2.75) is 13.8 Å². The molecular weight excluding hydrogens is 283 g/mol. The van der Waals surface area contributed by atoms with Gasteiger partial charge in [-0.2, -0.15) is 5.26 Å². The fourth-order valence-corrected chi connectivity index (χ4v) is 2.26. The highest BCUT2D eigenvalue weighted by atomic mass is 35.5. The molecule has 0 unspecified atom stereocenters. The average molecular weight is 293 g/mol. The number of rotatable bonds is 1. The average Bonchev–Trinajstić information content (AvgIpc) is 2.33. The highest BCUT2D eigenvalue weighted by molar-refractivity contribution is 6.42. The SMILES string of the molecule is Cc1cc(C)n(-c2ccc(Cl)c(Cl)c2)c(=O)c1C#N. The third-order valence-electron chi connectivity index (χ3n) is 2.86. The van der Waals surface area contributed by atoms with Crippen LogP contribution in [-0.2, 0) is 0 Å². The molecule has 0 bridgehead atoms. The van der Waals surface area contributed by atoms with Crippen LogP contribution in [0.25, 0.3) is 5.69 Å². The number of nitrogens with zero attached hydrogens (tertiary/aromatic N) is 2. The number of benzene rings is 1. The maximum absolute atomic E-state index is 12.3. The van der Waals surface area contributed by atoms with Crippen LogP contribution in [0.5, 0.6) is 0 Å². The molecule has 0 radical (unpaired) electrons. The number of hydrogen-bond donors (Lipinski definition) is 0. The van der Waals surface area contributed by atoms with E-state index >= 15 is 0 Å². The lowest BCUT2D eigenvalue weighted by molar-refractivity contribution is 0.920. The van der Waals surface area contributed by atoms with Gasteiger partial charge in [-0.1, -0.05) is 23.2 Å². The zero-order chi connectivity index (χ0) is 14.2. The van der Waals surface area contributed by atoms with Crippen molar-refractivity contribution in [3.05, 3.63) is 61.5 Å². The van der Waals surface area contributed by atoms with Crippen molar-refractivity contribution in [3.63, 3.8) is 0 Å². The van der Waals surface area contributed by atoms with E-state index in [2.05, 4.69) is 0 Å². The molecule has 2 aromatic rings. The molecule has 2 rings (SSSR count). The Morgan fingerprint density at radius 3 is 2.42 bits per heavy atom. The minimum absolute atomic E-state index is 0.136. The molecule has 0 fully saturated rings. The van der Waals surface area contributed by atoms with Crippen LogP contribution < -0.4 is 5.56 Å². The minimum Gasteiger partial charge on any atom is -0.280 e. The van der Waals surface area contributed by atoms with Crippen molar-refractivity contribution in [2.75, 3.05) is 0 Å². The summed E-state index contributed by atoms with van der Waals surface area (Å²) < 4.78 is 1.45. The van der Waals surface area contributed by atoms with Crippen molar-refractivity contribution in [1.29, 1.82) is 5.26 Å². The molecule has 0 atom stereocenters. The summed E-state index contributed by atoms with van der Waals surface area (Å²) in [6, 6.07) is 8.65. The van der Waals surface area contributed by atoms with Crippen LogP contribution in [0.4, 0.5) is 0 Å². The van der Waals surface area contributed by atoms with Crippen LogP contribution in [0, 0.1) is 25.2 Å². The van der Waals surface area contributed by atoms with Crippen molar-refractivity contribution in [3.8, 4) is 11.8 Å². The van der Waals surface area contributed by atoms with Gasteiger partial charge in [0, 0.05) is 5.69 Å². The summed E-state index contributed by atoms with van der Waals surface area (Å²) in [4.78, 5) is 12.3. The highest BCUT2D eigenvalue weighted by Gasteiger charge is 2.12. The van der Waals surface area contributed by atoms with Crippen LogP contribution in [0.2, 0.25) is 10.0 Å². The van der Waals surface area contributed by atoms with E-state index < -0.39 is 0 Å². The van der Waals surface area contributed by atoms with E-state index in [1.165, 1.54) is 4.57 Å². The molecule has 0 saturated heterocycles. The zero-order valence-corrected chi connectivity index (χ0v) is 11.9. The van der Waals surface area contributed by atoms with Crippen LogP contribution in [-0.4, -0.2) is 4.57 Å². The molecule has 0 aliphatic heterocycles. The topological polar surface area (TPSA) is 45.8 Å². The summed E-state index contributed by atoms with van der Waals surface area (Å²) in [6.07, 6.45) is 0. The van der Waals surface area contributed by atoms with Gasteiger partial charge in [-0.25, -0.2) is 0 Å². The fourth-order valence-electron chi connectivity index (χ4n) is 1.97. The predicted molar refractivity (Wildman–Crippen MR) is 76.2 cm³/mol. The number of aryl methyl sites for hydroxylation is 2. The molecule has 0 aliphatic carbocycles. The van der Waals surface area contributed by atoms with Crippen molar-refractivity contribution >= 4 is 23.2 Å².